The molecule has 0 N–H and O–H groups in total. The van der Waals surface area contributed by atoms with Gasteiger partial charge in [-0.05, 0) is 36.8 Å². The number of aromatic nitrogens is 1. The number of morpholine rings is 1. The van der Waals surface area contributed by atoms with Crippen molar-refractivity contribution in [1.29, 1.82) is 0 Å². The van der Waals surface area contributed by atoms with Crippen LogP contribution in [0.15, 0.2) is 27.5 Å². The van der Waals surface area contributed by atoms with Crippen LogP contribution in [0.4, 0.5) is 0 Å². The fraction of sp³-hybridized carbons (Fsp3) is 0.562. The van der Waals surface area contributed by atoms with Gasteiger partial charge in [0.1, 0.15) is 0 Å². The van der Waals surface area contributed by atoms with Gasteiger partial charge >= 0.3 is 0 Å². The van der Waals surface area contributed by atoms with E-state index in [0.29, 0.717) is 29.2 Å². The van der Waals surface area contributed by atoms with Crippen LogP contribution in [0.5, 0.6) is 0 Å². The van der Waals surface area contributed by atoms with Crippen LogP contribution in [0.25, 0.3) is 11.1 Å². The lowest BCUT2D eigenvalue weighted by Gasteiger charge is -2.32. The first-order chi connectivity index (χ1) is 11.8. The van der Waals surface area contributed by atoms with Crippen LogP contribution in [-0.2, 0) is 21.4 Å². The average Bonchev–Trinajstić information content (AvgIpc) is 2.90. The molecule has 3 rings (SSSR count). The largest absolute Gasteiger partial charge is 0.429 e. The molecule has 25 heavy (non-hydrogen) atoms. The Labute approximate surface area is 152 Å². The monoisotopic (exact) mass is 385 g/mol. The molecule has 0 amide bonds. The molecule has 1 aromatic carbocycles. The van der Waals surface area contributed by atoms with Gasteiger partial charge in [-0.25, -0.2) is 12.7 Å². The van der Waals surface area contributed by atoms with E-state index in [4.69, 9.17) is 21.4 Å². The summed E-state index contributed by atoms with van der Waals surface area (Å²) in [7, 11) is -0.483. The average molecular weight is 386 g/mol. The van der Waals surface area contributed by atoms with Crippen LogP contribution < -0.4 is 0 Å². The van der Waals surface area contributed by atoms with Gasteiger partial charge in [0, 0.05) is 27.2 Å². The van der Waals surface area contributed by atoms with Crippen molar-refractivity contribution in [3.63, 3.8) is 0 Å². The van der Waals surface area contributed by atoms with E-state index >= 15 is 0 Å². The van der Waals surface area contributed by atoms with E-state index in [1.165, 1.54) is 18.4 Å². The second-order valence-corrected chi connectivity index (χ2v) is 8.83. The molecule has 2 heterocycles. The second-order valence-electron chi connectivity index (χ2n) is 6.33. The summed E-state index contributed by atoms with van der Waals surface area (Å²) in [6, 6.07) is 4.83. The van der Waals surface area contributed by atoms with E-state index in [2.05, 4.69) is 11.8 Å². The number of nitrogens with zero attached hydrogens (tertiary/aromatic N) is 3. The molecule has 1 atom stereocenters. The van der Waals surface area contributed by atoms with Crippen LogP contribution in [0.2, 0.25) is 0 Å². The molecule has 2 aromatic rings. The molecule has 1 aliphatic rings. The molecule has 0 saturated carbocycles. The van der Waals surface area contributed by atoms with Crippen LogP contribution in [0.3, 0.4) is 0 Å². The van der Waals surface area contributed by atoms with Crippen LogP contribution >= 0.6 is 12.2 Å². The summed E-state index contributed by atoms with van der Waals surface area (Å²) in [5.41, 5.74) is 1.27. The van der Waals surface area contributed by atoms with E-state index in [0.717, 1.165) is 19.5 Å². The Morgan fingerprint density at radius 3 is 2.80 bits per heavy atom. The maximum Gasteiger partial charge on any atom is 0.270 e. The van der Waals surface area contributed by atoms with Crippen molar-refractivity contribution in [2.45, 2.75) is 31.0 Å². The zero-order valence-electron chi connectivity index (χ0n) is 14.6. The summed E-state index contributed by atoms with van der Waals surface area (Å²) in [6.45, 7) is 4.96. The Bertz CT molecular complexity index is 917. The smallest absolute Gasteiger partial charge is 0.270 e. The minimum absolute atomic E-state index is 0.214. The number of oxazole rings is 1. The van der Waals surface area contributed by atoms with Gasteiger partial charge in [0.15, 0.2) is 5.58 Å². The first-order valence-corrected chi connectivity index (χ1v) is 10.1. The molecule has 0 unspecified atom stereocenters. The first kappa shape index (κ1) is 18.5. The zero-order valence-corrected chi connectivity index (χ0v) is 16.3. The number of ether oxygens (including phenoxy) is 1. The number of sulfonamides is 1. The topological polar surface area (TPSA) is 67.9 Å². The van der Waals surface area contributed by atoms with E-state index in [-0.39, 0.29) is 11.0 Å². The first-order valence-electron chi connectivity index (χ1n) is 8.22. The molecule has 1 aliphatic heterocycles. The summed E-state index contributed by atoms with van der Waals surface area (Å²) >= 11 is 5.35. The molecule has 9 heteroatoms. The highest BCUT2D eigenvalue weighted by atomic mass is 32.2. The zero-order chi connectivity index (χ0) is 18.2. The SMILES string of the molecule is CC[C@H]1CN(Cn2c(=S)oc3ccc(S(=O)(=O)N(C)C)cc32)CCO1. The van der Waals surface area contributed by atoms with Crippen molar-refractivity contribution in [2.75, 3.05) is 33.8 Å². The molecular formula is C16H23N3O4S2. The Hall–Kier alpha value is -1.26. The van der Waals surface area contributed by atoms with Crippen molar-refractivity contribution < 1.29 is 17.6 Å². The molecule has 7 nitrogen and oxygen atoms in total. The van der Waals surface area contributed by atoms with Crippen molar-refractivity contribution in [1.82, 2.24) is 13.8 Å². The van der Waals surface area contributed by atoms with Gasteiger partial charge in [-0.2, -0.15) is 0 Å². The minimum atomic E-state index is -3.51. The third kappa shape index (κ3) is 3.65. The van der Waals surface area contributed by atoms with Gasteiger partial charge in [0.25, 0.3) is 4.84 Å². The number of rotatable bonds is 5. The number of hydrogen-bond acceptors (Lipinski definition) is 6. The molecule has 138 valence electrons. The van der Waals surface area contributed by atoms with Crippen molar-refractivity contribution >= 4 is 33.3 Å². The van der Waals surface area contributed by atoms with Gasteiger partial charge in [-0.1, -0.05) is 6.92 Å². The van der Waals surface area contributed by atoms with Crippen molar-refractivity contribution in [2.24, 2.45) is 0 Å². The molecule has 1 aromatic heterocycles. The lowest BCUT2D eigenvalue weighted by molar-refractivity contribution is -0.0397. The standard InChI is InChI=1S/C16H23N3O4S2/c1-4-12-10-18(7-8-22-12)11-19-14-9-13(25(20,21)17(2)3)5-6-15(14)23-16(19)24/h5-6,9,12H,4,7-8,10-11H2,1-3H3/t12-/m0/s1. The highest BCUT2D eigenvalue weighted by Crippen LogP contribution is 2.24. The fourth-order valence-electron chi connectivity index (χ4n) is 2.90. The quantitative estimate of drug-likeness (QED) is 0.736. The van der Waals surface area contributed by atoms with Crippen molar-refractivity contribution in [3.8, 4) is 0 Å². The van der Waals surface area contributed by atoms with E-state index in [1.807, 2.05) is 4.57 Å². The summed E-state index contributed by atoms with van der Waals surface area (Å²) in [6.07, 6.45) is 1.17. The number of hydrogen-bond donors (Lipinski definition) is 0. The Morgan fingerprint density at radius 2 is 2.12 bits per heavy atom. The maximum atomic E-state index is 12.4. The van der Waals surface area contributed by atoms with Crippen LogP contribution in [0.1, 0.15) is 13.3 Å². The second kappa shape index (κ2) is 7.16. The molecule has 0 radical (unpaired) electrons. The lowest BCUT2D eigenvalue weighted by Crippen LogP contribution is -2.42. The summed E-state index contributed by atoms with van der Waals surface area (Å²) in [5, 5.41) is 0. The summed E-state index contributed by atoms with van der Waals surface area (Å²) < 4.78 is 39.2. The van der Waals surface area contributed by atoms with Gasteiger partial charge in [0.2, 0.25) is 10.0 Å². The molecule has 1 saturated heterocycles. The van der Waals surface area contributed by atoms with Gasteiger partial charge in [-0.15, -0.1) is 0 Å². The fourth-order valence-corrected chi connectivity index (χ4v) is 4.07. The highest BCUT2D eigenvalue weighted by molar-refractivity contribution is 7.89. The van der Waals surface area contributed by atoms with Gasteiger partial charge < -0.3 is 9.15 Å². The molecular weight excluding hydrogens is 362 g/mol. The lowest BCUT2D eigenvalue weighted by atomic mass is 10.2. The van der Waals surface area contributed by atoms with Gasteiger partial charge in [0.05, 0.1) is 29.8 Å². The predicted octanol–water partition coefficient (Wildman–Crippen LogP) is 2.28. The third-order valence-electron chi connectivity index (χ3n) is 4.44. The van der Waals surface area contributed by atoms with E-state index in [1.54, 1.807) is 18.2 Å². The summed E-state index contributed by atoms with van der Waals surface area (Å²) in [4.78, 5) is 2.81. The van der Waals surface area contributed by atoms with Gasteiger partial charge in [-0.3, -0.25) is 9.47 Å². The number of benzene rings is 1. The summed E-state index contributed by atoms with van der Waals surface area (Å²) in [5.74, 6) is 0. The minimum Gasteiger partial charge on any atom is -0.429 e. The van der Waals surface area contributed by atoms with E-state index in [9.17, 15) is 8.42 Å². The Morgan fingerprint density at radius 1 is 1.36 bits per heavy atom. The molecule has 0 spiro atoms. The maximum absolute atomic E-state index is 12.4. The normalized spacial score (nSPS) is 19.8. The van der Waals surface area contributed by atoms with Crippen LogP contribution in [-0.4, -0.2) is 62.1 Å². The number of fused-ring (bicyclic) bond motifs is 1. The predicted molar refractivity (Wildman–Crippen MR) is 97.5 cm³/mol. The molecule has 0 bridgehead atoms. The highest BCUT2D eigenvalue weighted by Gasteiger charge is 2.22. The molecule has 1 fully saturated rings. The Kier molecular flexibility index (Phi) is 5.31. The Balaban J connectivity index is 1.97. The van der Waals surface area contributed by atoms with E-state index < -0.39 is 10.0 Å². The van der Waals surface area contributed by atoms with Crippen LogP contribution in [0, 0.1) is 4.84 Å². The third-order valence-corrected chi connectivity index (χ3v) is 6.55. The van der Waals surface area contributed by atoms with Crippen molar-refractivity contribution in [3.05, 3.63) is 23.0 Å². The molecule has 0 aliphatic carbocycles.